The van der Waals surface area contributed by atoms with Crippen LogP contribution in [-0.4, -0.2) is 26.2 Å². The Bertz CT molecular complexity index is 617. The van der Waals surface area contributed by atoms with E-state index in [2.05, 4.69) is 10.6 Å². The summed E-state index contributed by atoms with van der Waals surface area (Å²) in [5.41, 5.74) is 0.346. The summed E-state index contributed by atoms with van der Waals surface area (Å²) in [5, 5.41) is 5.72. The van der Waals surface area contributed by atoms with E-state index in [9.17, 15) is 13.2 Å². The van der Waals surface area contributed by atoms with E-state index in [-0.39, 0.29) is 16.5 Å². The number of sulfone groups is 1. The van der Waals surface area contributed by atoms with Gasteiger partial charge in [0.1, 0.15) is 0 Å². The van der Waals surface area contributed by atoms with Gasteiger partial charge in [-0.15, -0.1) is 0 Å². The first kappa shape index (κ1) is 15.8. The van der Waals surface area contributed by atoms with Crippen LogP contribution in [0.15, 0.2) is 29.2 Å². The minimum absolute atomic E-state index is 0.227. The summed E-state index contributed by atoms with van der Waals surface area (Å²) in [5.74, 6) is 0.524. The molecule has 1 saturated carbocycles. The molecular weight excluding hydrogens is 288 g/mol. The van der Waals surface area contributed by atoms with Gasteiger partial charge in [0.05, 0.1) is 4.90 Å². The largest absolute Gasteiger partial charge is 0.333 e. The maximum Gasteiger partial charge on any atom is 0.319 e. The number of benzene rings is 1. The highest BCUT2D eigenvalue weighted by Gasteiger charge is 2.34. The van der Waals surface area contributed by atoms with Crippen molar-refractivity contribution in [3.8, 4) is 0 Å². The fraction of sp³-hybridized carbons (Fsp3) is 0.533. The highest BCUT2D eigenvalue weighted by atomic mass is 32.2. The number of anilines is 1. The van der Waals surface area contributed by atoms with Gasteiger partial charge in [0.2, 0.25) is 0 Å². The fourth-order valence-electron chi connectivity index (χ4n) is 2.47. The van der Waals surface area contributed by atoms with Crippen molar-refractivity contribution in [2.45, 2.75) is 43.5 Å². The van der Waals surface area contributed by atoms with Crippen molar-refractivity contribution in [1.29, 1.82) is 0 Å². The van der Waals surface area contributed by atoms with Crippen molar-refractivity contribution in [2.75, 3.05) is 11.6 Å². The molecule has 2 N–H and O–H groups in total. The summed E-state index contributed by atoms with van der Waals surface area (Å²) >= 11 is 0. The molecule has 6 heteroatoms. The molecule has 0 atom stereocenters. The number of hydrogen-bond donors (Lipinski definition) is 2. The topological polar surface area (TPSA) is 75.3 Å². The molecule has 5 nitrogen and oxygen atoms in total. The Balaban J connectivity index is 1.96. The van der Waals surface area contributed by atoms with Gasteiger partial charge in [-0.05, 0) is 56.9 Å². The van der Waals surface area contributed by atoms with E-state index in [1.54, 1.807) is 12.1 Å². The first-order chi connectivity index (χ1) is 9.68. The Morgan fingerprint density at radius 2 is 1.76 bits per heavy atom. The Morgan fingerprint density at radius 3 is 2.19 bits per heavy atom. The molecule has 0 spiro atoms. The smallest absolute Gasteiger partial charge is 0.319 e. The Hall–Kier alpha value is -1.56. The third-order valence-electron chi connectivity index (χ3n) is 4.10. The van der Waals surface area contributed by atoms with Gasteiger partial charge in [-0.3, -0.25) is 0 Å². The van der Waals surface area contributed by atoms with Crippen LogP contribution >= 0.6 is 0 Å². The number of nitrogens with one attached hydrogen (secondary N) is 2. The molecule has 1 aromatic carbocycles. The molecule has 21 heavy (non-hydrogen) atoms. The number of rotatable bonds is 4. The molecule has 1 aliphatic carbocycles. The fourth-order valence-corrected chi connectivity index (χ4v) is 3.10. The Morgan fingerprint density at radius 1 is 1.19 bits per heavy atom. The molecular formula is C15H22N2O3S. The van der Waals surface area contributed by atoms with Crippen LogP contribution in [0.2, 0.25) is 0 Å². The standard InChI is InChI=1S/C15H22N2O3S/c1-15(2,11-5-4-6-11)17-14(18)16-12-7-9-13(10-8-12)21(3,19)20/h7-11H,4-6H2,1-3H3,(H2,16,17,18). The van der Waals surface area contributed by atoms with Crippen LogP contribution in [0.3, 0.4) is 0 Å². The number of carbonyl (C=O) groups is 1. The SMILES string of the molecule is CC(C)(NC(=O)Nc1ccc(S(C)(=O)=O)cc1)C1CCC1. The van der Waals surface area contributed by atoms with Crippen LogP contribution in [0.25, 0.3) is 0 Å². The van der Waals surface area contributed by atoms with E-state index >= 15 is 0 Å². The van der Waals surface area contributed by atoms with Crippen LogP contribution in [0, 0.1) is 5.92 Å². The number of hydrogen-bond acceptors (Lipinski definition) is 3. The van der Waals surface area contributed by atoms with Gasteiger partial charge in [0, 0.05) is 17.5 Å². The lowest BCUT2D eigenvalue weighted by Gasteiger charge is -2.40. The van der Waals surface area contributed by atoms with Crippen molar-refractivity contribution in [3.05, 3.63) is 24.3 Å². The number of urea groups is 1. The third-order valence-corrected chi connectivity index (χ3v) is 5.23. The van der Waals surface area contributed by atoms with Gasteiger partial charge in [-0.1, -0.05) is 6.42 Å². The molecule has 0 aliphatic heterocycles. The average Bonchev–Trinajstić information content (AvgIpc) is 2.23. The zero-order valence-corrected chi connectivity index (χ0v) is 13.5. The second kappa shape index (κ2) is 5.67. The van der Waals surface area contributed by atoms with E-state index < -0.39 is 9.84 Å². The van der Waals surface area contributed by atoms with Crippen LogP contribution in [0.1, 0.15) is 33.1 Å². The normalized spacial score (nSPS) is 16.1. The lowest BCUT2D eigenvalue weighted by atomic mass is 9.73. The third kappa shape index (κ3) is 3.97. The van der Waals surface area contributed by atoms with Gasteiger partial charge in [0.25, 0.3) is 0 Å². The molecule has 0 aromatic heterocycles. The molecule has 1 aromatic rings. The lowest BCUT2D eigenvalue weighted by molar-refractivity contribution is 0.163. The molecule has 1 fully saturated rings. The van der Waals surface area contributed by atoms with Crippen molar-refractivity contribution in [3.63, 3.8) is 0 Å². The Kier molecular flexibility index (Phi) is 4.27. The first-order valence-electron chi connectivity index (χ1n) is 7.08. The maximum atomic E-state index is 12.0. The summed E-state index contributed by atoms with van der Waals surface area (Å²) < 4.78 is 22.7. The van der Waals surface area contributed by atoms with Gasteiger partial charge in [-0.25, -0.2) is 13.2 Å². The maximum absolute atomic E-state index is 12.0. The zero-order chi connectivity index (χ0) is 15.7. The van der Waals surface area contributed by atoms with E-state index in [0.717, 1.165) is 19.1 Å². The molecule has 116 valence electrons. The first-order valence-corrected chi connectivity index (χ1v) is 8.97. The monoisotopic (exact) mass is 310 g/mol. The van der Waals surface area contributed by atoms with Crippen molar-refractivity contribution in [2.24, 2.45) is 5.92 Å². The second-order valence-corrected chi connectivity index (χ2v) is 8.24. The van der Waals surface area contributed by atoms with Crippen molar-refractivity contribution >= 4 is 21.6 Å². The second-order valence-electron chi connectivity index (χ2n) is 6.23. The highest BCUT2D eigenvalue weighted by Crippen LogP contribution is 2.35. The van der Waals surface area contributed by atoms with E-state index in [0.29, 0.717) is 11.6 Å². The molecule has 0 bridgehead atoms. The van der Waals surface area contributed by atoms with E-state index in [1.807, 2.05) is 13.8 Å². The average molecular weight is 310 g/mol. The molecule has 0 radical (unpaired) electrons. The Labute approximate surface area is 126 Å². The molecule has 2 amide bonds. The molecule has 0 unspecified atom stereocenters. The molecule has 0 heterocycles. The number of carbonyl (C=O) groups excluding carboxylic acids is 1. The number of amides is 2. The molecule has 0 saturated heterocycles. The lowest BCUT2D eigenvalue weighted by Crippen LogP contribution is -2.52. The van der Waals surface area contributed by atoms with Crippen LogP contribution < -0.4 is 10.6 Å². The zero-order valence-electron chi connectivity index (χ0n) is 12.6. The van der Waals surface area contributed by atoms with Gasteiger partial charge >= 0.3 is 6.03 Å². The van der Waals surface area contributed by atoms with Crippen LogP contribution in [-0.2, 0) is 9.84 Å². The highest BCUT2D eigenvalue weighted by molar-refractivity contribution is 7.90. The predicted octanol–water partition coefficient (Wildman–Crippen LogP) is 2.79. The summed E-state index contributed by atoms with van der Waals surface area (Å²) in [6.07, 6.45) is 4.68. The summed E-state index contributed by atoms with van der Waals surface area (Å²) in [6.45, 7) is 4.06. The van der Waals surface area contributed by atoms with Crippen molar-refractivity contribution < 1.29 is 13.2 Å². The van der Waals surface area contributed by atoms with Gasteiger partial charge in [0.15, 0.2) is 9.84 Å². The summed E-state index contributed by atoms with van der Waals surface area (Å²) in [7, 11) is -3.21. The predicted molar refractivity (Wildman–Crippen MR) is 83.1 cm³/mol. The summed E-state index contributed by atoms with van der Waals surface area (Å²) in [6, 6.07) is 5.89. The van der Waals surface area contributed by atoms with Crippen molar-refractivity contribution in [1.82, 2.24) is 5.32 Å². The van der Waals surface area contributed by atoms with Gasteiger partial charge < -0.3 is 10.6 Å². The molecule has 1 aliphatic rings. The quantitative estimate of drug-likeness (QED) is 0.898. The van der Waals surface area contributed by atoms with Gasteiger partial charge in [-0.2, -0.15) is 0 Å². The van der Waals surface area contributed by atoms with E-state index in [1.165, 1.54) is 18.6 Å². The summed E-state index contributed by atoms with van der Waals surface area (Å²) in [4.78, 5) is 12.3. The minimum Gasteiger partial charge on any atom is -0.333 e. The van der Waals surface area contributed by atoms with E-state index in [4.69, 9.17) is 0 Å². The molecule has 2 rings (SSSR count). The van der Waals surface area contributed by atoms with Crippen LogP contribution in [0.4, 0.5) is 10.5 Å². The van der Waals surface area contributed by atoms with Crippen LogP contribution in [0.5, 0.6) is 0 Å². The minimum atomic E-state index is -3.21.